The molecule has 20 heavy (non-hydrogen) atoms. The van der Waals surface area contributed by atoms with Crippen molar-refractivity contribution in [2.45, 2.75) is 46.0 Å². The minimum atomic E-state index is -0.945. The summed E-state index contributed by atoms with van der Waals surface area (Å²) in [6.07, 6.45) is 5.34. The molecule has 0 spiro atoms. The fraction of sp³-hybridized carbons (Fsp3) is 0.533. The maximum atomic E-state index is 11.5. The van der Waals surface area contributed by atoms with Crippen molar-refractivity contribution >= 4 is 27.5 Å². The van der Waals surface area contributed by atoms with Crippen molar-refractivity contribution in [3.05, 3.63) is 22.0 Å². The molecule has 1 aliphatic carbocycles. The molecule has 5 heteroatoms. The molecular weight excluding hydrogens is 272 g/mol. The molecule has 0 bridgehead atoms. The highest BCUT2D eigenvalue weighted by Gasteiger charge is 2.23. The van der Waals surface area contributed by atoms with E-state index in [2.05, 4.69) is 9.97 Å². The Bertz CT molecular complexity index is 674. The second kappa shape index (κ2) is 5.13. The van der Waals surface area contributed by atoms with Gasteiger partial charge in [-0.3, -0.25) is 0 Å². The van der Waals surface area contributed by atoms with Crippen LogP contribution in [0.25, 0.3) is 10.2 Å². The Kier molecular flexibility index (Phi) is 3.46. The Morgan fingerprint density at radius 3 is 2.70 bits per heavy atom. The molecule has 2 aromatic rings. The van der Waals surface area contributed by atoms with E-state index in [1.807, 2.05) is 13.8 Å². The van der Waals surface area contributed by atoms with Crippen LogP contribution in [0, 0.1) is 12.8 Å². The minimum absolute atomic E-state index is 0.186. The molecule has 0 saturated heterocycles. The van der Waals surface area contributed by atoms with Crippen LogP contribution in [0.4, 0.5) is 0 Å². The Balaban J connectivity index is 2.13. The number of carboxylic acid groups (broad SMARTS) is 1. The van der Waals surface area contributed by atoms with Crippen molar-refractivity contribution in [2.24, 2.45) is 5.92 Å². The Labute approximate surface area is 121 Å². The fourth-order valence-electron chi connectivity index (χ4n) is 2.84. The third kappa shape index (κ3) is 2.20. The number of thiophene rings is 1. The molecule has 4 nitrogen and oxygen atoms in total. The second-order valence-corrected chi connectivity index (χ2v) is 6.67. The van der Waals surface area contributed by atoms with Crippen molar-refractivity contribution in [3.8, 4) is 0 Å². The number of aromatic nitrogens is 2. The van der Waals surface area contributed by atoms with Gasteiger partial charge in [0.15, 0.2) is 5.69 Å². The molecule has 1 saturated carbocycles. The van der Waals surface area contributed by atoms with Crippen molar-refractivity contribution in [1.29, 1.82) is 0 Å². The molecule has 106 valence electrons. The van der Waals surface area contributed by atoms with E-state index in [0.29, 0.717) is 11.7 Å². The molecule has 2 heterocycles. The van der Waals surface area contributed by atoms with Gasteiger partial charge in [0.25, 0.3) is 0 Å². The zero-order valence-electron chi connectivity index (χ0n) is 11.8. The van der Waals surface area contributed by atoms with Crippen molar-refractivity contribution in [1.82, 2.24) is 9.97 Å². The molecule has 0 aliphatic heterocycles. The maximum Gasteiger partial charge on any atom is 0.355 e. The molecule has 0 amide bonds. The number of carboxylic acids is 1. The normalized spacial score (nSPS) is 15.5. The predicted octanol–water partition coefficient (Wildman–Crippen LogP) is 3.60. The van der Waals surface area contributed by atoms with Crippen LogP contribution in [0.2, 0.25) is 0 Å². The van der Waals surface area contributed by atoms with E-state index < -0.39 is 5.97 Å². The number of hydrogen-bond acceptors (Lipinski definition) is 4. The third-order valence-electron chi connectivity index (χ3n) is 4.15. The molecule has 0 unspecified atom stereocenters. The Morgan fingerprint density at radius 2 is 2.15 bits per heavy atom. The number of hydrogen-bond donors (Lipinski definition) is 1. The lowest BCUT2D eigenvalue weighted by Crippen LogP contribution is -2.16. The van der Waals surface area contributed by atoms with Gasteiger partial charge in [0.1, 0.15) is 10.7 Å². The van der Waals surface area contributed by atoms with Gasteiger partial charge in [0.05, 0.1) is 0 Å². The van der Waals surface area contributed by atoms with Gasteiger partial charge in [-0.15, -0.1) is 11.3 Å². The summed E-state index contributed by atoms with van der Waals surface area (Å²) in [6.45, 7) is 4.07. The fourth-order valence-corrected chi connectivity index (χ4v) is 3.97. The highest BCUT2D eigenvalue weighted by Crippen LogP contribution is 2.34. The van der Waals surface area contributed by atoms with Crippen LogP contribution in [0.15, 0.2) is 0 Å². The predicted molar refractivity (Wildman–Crippen MR) is 79.5 cm³/mol. The topological polar surface area (TPSA) is 63.1 Å². The number of fused-ring (bicyclic) bond motifs is 1. The number of rotatable bonds is 4. The van der Waals surface area contributed by atoms with Crippen molar-refractivity contribution in [2.75, 3.05) is 0 Å². The SMILES string of the molecule is CCc1c(C)sc2nc(CC3CCC3)nc(C(=O)O)c12. The van der Waals surface area contributed by atoms with Crippen molar-refractivity contribution < 1.29 is 9.90 Å². The first-order valence-corrected chi connectivity index (χ1v) is 7.94. The average molecular weight is 290 g/mol. The van der Waals surface area contributed by atoms with Crippen LogP contribution < -0.4 is 0 Å². The van der Waals surface area contributed by atoms with E-state index in [4.69, 9.17) is 0 Å². The van der Waals surface area contributed by atoms with Gasteiger partial charge in [0.2, 0.25) is 0 Å². The van der Waals surface area contributed by atoms with Crippen LogP contribution in [0.1, 0.15) is 52.9 Å². The number of aryl methyl sites for hydroxylation is 2. The Hall–Kier alpha value is -1.49. The first-order valence-electron chi connectivity index (χ1n) is 7.12. The van der Waals surface area contributed by atoms with Gasteiger partial charge in [-0.05, 0) is 24.8 Å². The molecule has 0 atom stereocenters. The monoisotopic (exact) mass is 290 g/mol. The summed E-state index contributed by atoms with van der Waals surface area (Å²) < 4.78 is 0. The van der Waals surface area contributed by atoms with E-state index in [9.17, 15) is 9.90 Å². The first kappa shape index (κ1) is 13.5. The molecule has 1 fully saturated rings. The van der Waals surface area contributed by atoms with E-state index in [1.54, 1.807) is 11.3 Å². The third-order valence-corrected chi connectivity index (χ3v) is 5.19. The summed E-state index contributed by atoms with van der Waals surface area (Å²) in [5.41, 5.74) is 1.27. The average Bonchev–Trinajstić information content (AvgIpc) is 2.67. The minimum Gasteiger partial charge on any atom is -0.476 e. The van der Waals surface area contributed by atoms with Gasteiger partial charge in [0, 0.05) is 16.7 Å². The van der Waals surface area contributed by atoms with Gasteiger partial charge in [-0.1, -0.05) is 26.2 Å². The molecule has 1 N–H and O–H groups in total. The molecule has 2 aromatic heterocycles. The number of nitrogens with zero attached hydrogens (tertiary/aromatic N) is 2. The number of carbonyl (C=O) groups is 1. The zero-order valence-corrected chi connectivity index (χ0v) is 12.6. The molecule has 0 aromatic carbocycles. The Morgan fingerprint density at radius 1 is 1.40 bits per heavy atom. The van der Waals surface area contributed by atoms with Crippen LogP contribution in [-0.2, 0) is 12.8 Å². The van der Waals surface area contributed by atoms with Gasteiger partial charge < -0.3 is 5.11 Å². The van der Waals surface area contributed by atoms with Crippen LogP contribution in [-0.4, -0.2) is 21.0 Å². The standard InChI is InChI=1S/C15H18N2O2S/c1-3-10-8(2)20-14-12(10)13(15(18)19)16-11(17-14)7-9-5-4-6-9/h9H,3-7H2,1-2H3,(H,18,19). The summed E-state index contributed by atoms with van der Waals surface area (Å²) in [7, 11) is 0. The second-order valence-electron chi connectivity index (χ2n) is 5.47. The molecular formula is C15H18N2O2S. The van der Waals surface area contributed by atoms with Crippen LogP contribution >= 0.6 is 11.3 Å². The summed E-state index contributed by atoms with van der Waals surface area (Å²) in [5.74, 6) is 0.393. The maximum absolute atomic E-state index is 11.5. The first-order chi connectivity index (χ1) is 9.60. The smallest absolute Gasteiger partial charge is 0.355 e. The van der Waals surface area contributed by atoms with E-state index in [-0.39, 0.29) is 5.69 Å². The highest BCUT2D eigenvalue weighted by molar-refractivity contribution is 7.18. The molecule has 1 aliphatic rings. The van der Waals surface area contributed by atoms with Crippen molar-refractivity contribution in [3.63, 3.8) is 0 Å². The van der Waals surface area contributed by atoms with E-state index in [1.165, 1.54) is 19.3 Å². The summed E-state index contributed by atoms with van der Waals surface area (Å²) in [5, 5.41) is 10.2. The van der Waals surface area contributed by atoms with E-state index >= 15 is 0 Å². The summed E-state index contributed by atoms with van der Waals surface area (Å²) in [6, 6.07) is 0. The van der Waals surface area contributed by atoms with Crippen LogP contribution in [0.3, 0.4) is 0 Å². The quantitative estimate of drug-likeness (QED) is 0.934. The number of aromatic carboxylic acids is 1. The molecule has 0 radical (unpaired) electrons. The summed E-state index contributed by atoms with van der Waals surface area (Å²) >= 11 is 1.59. The van der Waals surface area contributed by atoms with Gasteiger partial charge in [-0.2, -0.15) is 0 Å². The lowest BCUT2D eigenvalue weighted by Gasteiger charge is -2.24. The van der Waals surface area contributed by atoms with Gasteiger partial charge in [-0.25, -0.2) is 14.8 Å². The zero-order chi connectivity index (χ0) is 14.3. The lowest BCUT2D eigenvalue weighted by atomic mass is 9.83. The lowest BCUT2D eigenvalue weighted by molar-refractivity contribution is 0.0692. The van der Waals surface area contributed by atoms with Crippen LogP contribution in [0.5, 0.6) is 0 Å². The summed E-state index contributed by atoms with van der Waals surface area (Å²) in [4.78, 5) is 22.5. The highest BCUT2D eigenvalue weighted by atomic mass is 32.1. The largest absolute Gasteiger partial charge is 0.476 e. The van der Waals surface area contributed by atoms with Gasteiger partial charge >= 0.3 is 5.97 Å². The van der Waals surface area contributed by atoms with E-state index in [0.717, 1.165) is 33.5 Å². The molecule has 3 rings (SSSR count).